The molecule has 0 saturated heterocycles. The molecule has 0 aliphatic rings. The maximum Gasteiger partial charge on any atom is 0.0641 e. The molecule has 4 heteroatoms. The fraction of sp³-hybridized carbons (Fsp3) is 0.250. The normalized spacial score (nSPS) is 13.0. The first kappa shape index (κ1) is 59.0. The van der Waals surface area contributed by atoms with E-state index in [1.54, 1.807) is 0 Å². The van der Waals surface area contributed by atoms with E-state index in [4.69, 9.17) is 0 Å². The Morgan fingerprint density at radius 1 is 0.283 bits per heavy atom. The number of nitrogens with zero attached hydrogens (tertiary/aromatic N) is 4. The molecule has 0 spiro atoms. The Bertz CT molecular complexity index is 4990. The summed E-state index contributed by atoms with van der Waals surface area (Å²) in [7, 11) is 0. The summed E-state index contributed by atoms with van der Waals surface area (Å²) in [5.41, 5.74) is 27.0. The first-order valence-electron chi connectivity index (χ1n) is 33.5. The van der Waals surface area contributed by atoms with Crippen molar-refractivity contribution in [3.63, 3.8) is 0 Å². The van der Waals surface area contributed by atoms with Crippen LogP contribution in [0.4, 0.5) is 34.1 Å². The van der Waals surface area contributed by atoms with E-state index >= 15 is 0 Å². The molecule has 0 aliphatic heterocycles. The van der Waals surface area contributed by atoms with E-state index < -0.39 is 0 Å². The molecule has 0 atom stereocenters. The summed E-state index contributed by atoms with van der Waals surface area (Å²) in [6, 6.07) is 84.8. The highest BCUT2D eigenvalue weighted by Crippen LogP contribution is 2.54. The van der Waals surface area contributed by atoms with Gasteiger partial charge in [-0.25, -0.2) is 0 Å². The van der Waals surface area contributed by atoms with Gasteiger partial charge in [-0.1, -0.05) is 244 Å². The van der Waals surface area contributed by atoms with Crippen molar-refractivity contribution in [2.75, 3.05) is 9.80 Å². The van der Waals surface area contributed by atoms with Gasteiger partial charge in [0.2, 0.25) is 0 Å². The number of hydrogen-bond donors (Lipinski definition) is 0. The van der Waals surface area contributed by atoms with Crippen molar-refractivity contribution in [1.29, 1.82) is 0 Å². The summed E-state index contributed by atoms with van der Waals surface area (Å²) < 4.78 is 5.18. The van der Waals surface area contributed by atoms with E-state index in [0.29, 0.717) is 11.8 Å². The molecular formula is C88H86N4. The van der Waals surface area contributed by atoms with Crippen LogP contribution in [0.1, 0.15) is 156 Å². The Hall–Kier alpha value is -9.38. The summed E-state index contributed by atoms with van der Waals surface area (Å²) in [5, 5.41) is 9.95. The van der Waals surface area contributed by atoms with Gasteiger partial charge in [-0.3, -0.25) is 0 Å². The number of para-hydroxylation sites is 2. The molecule has 4 heterocycles. The highest BCUT2D eigenvalue weighted by atomic mass is 15.2. The third-order valence-electron chi connectivity index (χ3n) is 20.2. The molecule has 0 amide bonds. The second kappa shape index (κ2) is 21.1. The van der Waals surface area contributed by atoms with Crippen molar-refractivity contribution in [3.8, 4) is 22.3 Å². The van der Waals surface area contributed by atoms with Crippen LogP contribution in [0.25, 0.3) is 98.4 Å². The van der Waals surface area contributed by atoms with Crippen LogP contribution < -0.4 is 9.80 Å². The molecule has 0 unspecified atom stereocenters. The molecule has 458 valence electrons. The largest absolute Gasteiger partial charge is 0.309 e. The van der Waals surface area contributed by atoms with Gasteiger partial charge in [-0.15, -0.1) is 0 Å². The summed E-state index contributed by atoms with van der Waals surface area (Å²) in [6.07, 6.45) is 0. The van der Waals surface area contributed by atoms with Crippen LogP contribution in [0.5, 0.6) is 0 Å². The smallest absolute Gasteiger partial charge is 0.0641 e. The fourth-order valence-electron chi connectivity index (χ4n) is 14.9. The zero-order valence-electron chi connectivity index (χ0n) is 56.7. The monoisotopic (exact) mass is 1200 g/mol. The SMILES string of the molecule is CC(C)c1ccc(N(c2ccc(C(C)(C)C)cc2)c2ccc3c4cc5c(cc4n4c6ccccc6c2c34)c2ccc(N(c3ccc(C(C)(C)C)cc3)c3ccc(C(C)C)cc3-c3ccc(C(C)(C)C)cc3)c3c4ccccc4n5c23)c(-c2ccc(C(C)(C)C)cc2)c1. The number of rotatable bonds is 10. The van der Waals surface area contributed by atoms with E-state index in [-0.39, 0.29) is 21.7 Å². The third kappa shape index (κ3) is 9.44. The second-order valence-electron chi connectivity index (χ2n) is 31.1. The van der Waals surface area contributed by atoms with Crippen LogP contribution in [0.2, 0.25) is 0 Å². The number of benzene rings is 11. The molecular weight excluding hydrogens is 1110 g/mol. The lowest BCUT2D eigenvalue weighted by atomic mass is 9.85. The average Bonchev–Trinajstić information content (AvgIpc) is 1.52. The molecule has 4 nitrogen and oxygen atoms in total. The first-order valence-corrected chi connectivity index (χ1v) is 33.5. The second-order valence-corrected chi connectivity index (χ2v) is 31.1. The summed E-state index contributed by atoms with van der Waals surface area (Å²) in [4.78, 5) is 5.12. The highest BCUT2D eigenvalue weighted by Gasteiger charge is 2.31. The highest BCUT2D eigenvalue weighted by molar-refractivity contribution is 6.32. The standard InChI is InChI=1S/C88H86N4/c1-53(2)57-29-45-75(69(49-57)55-25-31-59(32-26-55)85(5,6)7)89(63-39-35-61(36-40-63)87(11,12)13)77-47-43-65-71-51-80-72(52-79(71)91-73-23-19-17-21-67(73)81(77)83(65)91)66-44-48-78(82-68-22-18-20-24-74(68)92(80)84(66)82)90(64-41-37-62(38-42-64)88(14,15)16)76-46-30-58(54(3)4)50-70(76)56-27-33-60(34-28-56)86(8,9)10/h17-54H,1-16H3. The Morgan fingerprint density at radius 2 is 0.598 bits per heavy atom. The van der Waals surface area contributed by atoms with E-state index in [0.717, 1.165) is 34.1 Å². The van der Waals surface area contributed by atoms with Crippen LogP contribution >= 0.6 is 0 Å². The van der Waals surface area contributed by atoms with Crippen molar-refractivity contribution >= 4 is 110 Å². The van der Waals surface area contributed by atoms with Gasteiger partial charge in [0, 0.05) is 65.6 Å². The molecule has 4 aromatic heterocycles. The van der Waals surface area contributed by atoms with E-state index in [2.05, 4.69) is 348 Å². The van der Waals surface area contributed by atoms with Gasteiger partial charge in [-0.05, 0) is 163 Å². The van der Waals surface area contributed by atoms with Gasteiger partial charge in [-0.2, -0.15) is 0 Å². The average molecular weight is 1200 g/mol. The lowest BCUT2D eigenvalue weighted by molar-refractivity contribution is 0.590. The van der Waals surface area contributed by atoms with Crippen molar-refractivity contribution in [3.05, 3.63) is 252 Å². The predicted octanol–water partition coefficient (Wildman–Crippen LogP) is 25.7. The van der Waals surface area contributed by atoms with Crippen LogP contribution in [0.15, 0.2) is 218 Å². The van der Waals surface area contributed by atoms with Gasteiger partial charge in [0.25, 0.3) is 0 Å². The number of anilines is 6. The lowest BCUT2D eigenvalue weighted by Crippen LogP contribution is -2.14. The summed E-state index contributed by atoms with van der Waals surface area (Å²) in [6.45, 7) is 36.9. The molecule has 0 radical (unpaired) electrons. The Kier molecular flexibility index (Phi) is 13.5. The van der Waals surface area contributed by atoms with E-state index in [1.165, 1.54) is 132 Å². The third-order valence-corrected chi connectivity index (χ3v) is 20.2. The minimum Gasteiger partial charge on any atom is -0.309 e. The van der Waals surface area contributed by atoms with Gasteiger partial charge < -0.3 is 18.6 Å². The van der Waals surface area contributed by atoms with Gasteiger partial charge in [0.05, 0.1) is 55.8 Å². The lowest BCUT2D eigenvalue weighted by Gasteiger charge is -2.30. The molecule has 0 saturated carbocycles. The minimum absolute atomic E-state index is 0.0000623. The van der Waals surface area contributed by atoms with Gasteiger partial charge >= 0.3 is 0 Å². The molecule has 92 heavy (non-hydrogen) atoms. The molecule has 0 N–H and O–H groups in total. The fourth-order valence-corrected chi connectivity index (χ4v) is 14.9. The molecule has 0 bridgehead atoms. The van der Waals surface area contributed by atoms with E-state index in [1.807, 2.05) is 0 Å². The maximum atomic E-state index is 2.59. The topological polar surface area (TPSA) is 15.3 Å². The first-order chi connectivity index (χ1) is 43.8. The van der Waals surface area contributed by atoms with Crippen LogP contribution in [0, 0.1) is 0 Å². The molecule has 11 aromatic carbocycles. The summed E-state index contributed by atoms with van der Waals surface area (Å²) in [5.74, 6) is 0.719. The number of hydrogen-bond acceptors (Lipinski definition) is 2. The molecule has 15 rings (SSSR count). The Labute approximate surface area is 544 Å². The summed E-state index contributed by atoms with van der Waals surface area (Å²) >= 11 is 0. The Balaban J connectivity index is 0.985. The Morgan fingerprint density at radius 3 is 0.924 bits per heavy atom. The minimum atomic E-state index is 0.0000623. The van der Waals surface area contributed by atoms with E-state index in [9.17, 15) is 0 Å². The molecule has 0 fully saturated rings. The molecule has 15 aromatic rings. The van der Waals surface area contributed by atoms with Gasteiger partial charge in [0.15, 0.2) is 0 Å². The van der Waals surface area contributed by atoms with Crippen LogP contribution in [0.3, 0.4) is 0 Å². The molecule has 0 aliphatic carbocycles. The predicted molar refractivity (Wildman–Crippen MR) is 399 cm³/mol. The number of aromatic nitrogens is 2. The van der Waals surface area contributed by atoms with Crippen LogP contribution in [-0.4, -0.2) is 8.80 Å². The zero-order chi connectivity index (χ0) is 64.2. The maximum absolute atomic E-state index is 2.59. The van der Waals surface area contributed by atoms with Crippen molar-refractivity contribution in [1.82, 2.24) is 8.80 Å². The number of fused-ring (bicyclic) bond motifs is 12. The van der Waals surface area contributed by atoms with Gasteiger partial charge in [0.1, 0.15) is 0 Å². The zero-order valence-corrected chi connectivity index (χ0v) is 56.7. The quantitative estimate of drug-likeness (QED) is 0.136. The van der Waals surface area contributed by atoms with Crippen molar-refractivity contribution in [2.45, 2.75) is 144 Å². The van der Waals surface area contributed by atoms with Crippen LogP contribution in [-0.2, 0) is 21.7 Å². The van der Waals surface area contributed by atoms with Crippen molar-refractivity contribution in [2.24, 2.45) is 0 Å². The van der Waals surface area contributed by atoms with Crippen molar-refractivity contribution < 1.29 is 0 Å².